The summed E-state index contributed by atoms with van der Waals surface area (Å²) in [5, 5.41) is 2.08. The highest BCUT2D eigenvalue weighted by molar-refractivity contribution is 6.39. The van der Waals surface area contributed by atoms with E-state index in [1.807, 2.05) is 32.1 Å². The van der Waals surface area contributed by atoms with Crippen LogP contribution in [0.1, 0.15) is 19.5 Å². The summed E-state index contributed by atoms with van der Waals surface area (Å²) in [7, 11) is 0. The SMILES string of the molecule is C=C/C=C(\C=C/C)n1c(CC)c(Cl)c2cccc(Cl)c2c1=O. The number of rotatable bonds is 4. The van der Waals surface area contributed by atoms with Gasteiger partial charge < -0.3 is 0 Å². The Morgan fingerprint density at radius 2 is 2.09 bits per heavy atom. The smallest absolute Gasteiger partial charge is 0.264 e. The number of benzene rings is 1. The van der Waals surface area contributed by atoms with Crippen molar-refractivity contribution in [1.29, 1.82) is 0 Å². The van der Waals surface area contributed by atoms with Gasteiger partial charge in [0.05, 0.1) is 15.4 Å². The zero-order valence-corrected chi connectivity index (χ0v) is 14.1. The van der Waals surface area contributed by atoms with Gasteiger partial charge in [-0.2, -0.15) is 0 Å². The van der Waals surface area contributed by atoms with Crippen LogP contribution >= 0.6 is 23.2 Å². The number of hydrogen-bond donors (Lipinski definition) is 0. The molecule has 4 heteroatoms. The van der Waals surface area contributed by atoms with Gasteiger partial charge in [0.1, 0.15) is 0 Å². The summed E-state index contributed by atoms with van der Waals surface area (Å²) < 4.78 is 1.61. The van der Waals surface area contributed by atoms with Gasteiger partial charge in [-0.15, -0.1) is 0 Å². The Morgan fingerprint density at radius 1 is 1.36 bits per heavy atom. The van der Waals surface area contributed by atoms with E-state index in [0.29, 0.717) is 32.9 Å². The molecule has 0 amide bonds. The zero-order chi connectivity index (χ0) is 16.3. The van der Waals surface area contributed by atoms with Crippen LogP contribution in [0.3, 0.4) is 0 Å². The third-order valence-corrected chi connectivity index (χ3v) is 4.15. The molecule has 0 aliphatic carbocycles. The lowest BCUT2D eigenvalue weighted by atomic mass is 10.1. The first-order chi connectivity index (χ1) is 10.6. The highest BCUT2D eigenvalue weighted by Gasteiger charge is 2.17. The van der Waals surface area contributed by atoms with Crippen molar-refractivity contribution in [2.45, 2.75) is 20.3 Å². The second kappa shape index (κ2) is 6.99. The number of fused-ring (bicyclic) bond motifs is 1. The van der Waals surface area contributed by atoms with Gasteiger partial charge in [0.2, 0.25) is 0 Å². The van der Waals surface area contributed by atoms with Crippen molar-refractivity contribution in [1.82, 2.24) is 4.57 Å². The fraction of sp³-hybridized carbons (Fsp3) is 0.167. The Morgan fingerprint density at radius 3 is 2.68 bits per heavy atom. The molecule has 0 saturated carbocycles. The van der Waals surface area contributed by atoms with E-state index in [9.17, 15) is 4.79 Å². The molecule has 0 saturated heterocycles. The molecule has 0 spiro atoms. The Hall–Kier alpha value is -1.77. The van der Waals surface area contributed by atoms with E-state index < -0.39 is 0 Å². The number of allylic oxidation sites excluding steroid dienone is 5. The van der Waals surface area contributed by atoms with Crippen molar-refractivity contribution in [3.05, 3.63) is 75.2 Å². The molecule has 0 unspecified atom stereocenters. The summed E-state index contributed by atoms with van der Waals surface area (Å²) in [6.45, 7) is 7.57. The van der Waals surface area contributed by atoms with Crippen molar-refractivity contribution < 1.29 is 0 Å². The molecular formula is C18H17Cl2NO. The summed E-state index contributed by atoms with van der Waals surface area (Å²) in [5.41, 5.74) is 1.30. The minimum absolute atomic E-state index is 0.173. The third-order valence-electron chi connectivity index (χ3n) is 3.41. The first kappa shape index (κ1) is 16.6. The molecule has 0 N–H and O–H groups in total. The highest BCUT2D eigenvalue weighted by atomic mass is 35.5. The van der Waals surface area contributed by atoms with Crippen molar-refractivity contribution in [3.63, 3.8) is 0 Å². The lowest BCUT2D eigenvalue weighted by molar-refractivity contribution is 0.912. The van der Waals surface area contributed by atoms with Crippen molar-refractivity contribution in [2.75, 3.05) is 0 Å². The van der Waals surface area contributed by atoms with E-state index >= 15 is 0 Å². The van der Waals surface area contributed by atoms with Gasteiger partial charge in [-0.05, 0) is 31.6 Å². The molecule has 0 radical (unpaired) electrons. The second-order valence-electron chi connectivity index (χ2n) is 4.74. The largest absolute Gasteiger partial charge is 0.279 e. The van der Waals surface area contributed by atoms with E-state index in [0.717, 1.165) is 5.69 Å². The van der Waals surface area contributed by atoms with Crippen LogP contribution in [-0.2, 0) is 6.42 Å². The lowest BCUT2D eigenvalue weighted by Gasteiger charge is -2.17. The van der Waals surface area contributed by atoms with Crippen LogP contribution in [0.5, 0.6) is 0 Å². The predicted octanol–water partition coefficient (Wildman–Crippen LogP) is 5.47. The minimum Gasteiger partial charge on any atom is -0.279 e. The van der Waals surface area contributed by atoms with Crippen molar-refractivity contribution in [2.24, 2.45) is 0 Å². The topological polar surface area (TPSA) is 22.0 Å². The standard InChI is InChI=1S/C18H17Cl2NO/c1-4-8-12(9-5-2)21-15(6-3)17(20)13-10-7-11-14(19)16(13)18(21)22/h4-5,7-11H,1,6H2,2-3H3/b9-5-,12-8+. The van der Waals surface area contributed by atoms with Gasteiger partial charge in [0.25, 0.3) is 5.56 Å². The van der Waals surface area contributed by atoms with Crippen LogP contribution in [0.25, 0.3) is 16.5 Å². The van der Waals surface area contributed by atoms with E-state index in [-0.39, 0.29) is 5.56 Å². The Labute approximate surface area is 140 Å². The molecule has 1 aromatic carbocycles. The van der Waals surface area contributed by atoms with Crippen LogP contribution in [0.4, 0.5) is 0 Å². The maximum absolute atomic E-state index is 13.0. The van der Waals surface area contributed by atoms with E-state index in [4.69, 9.17) is 23.2 Å². The fourth-order valence-corrected chi connectivity index (χ4v) is 3.13. The summed E-state index contributed by atoms with van der Waals surface area (Å²) in [6, 6.07) is 5.32. The summed E-state index contributed by atoms with van der Waals surface area (Å²) in [5.74, 6) is 0. The summed E-state index contributed by atoms with van der Waals surface area (Å²) in [6.07, 6.45) is 7.77. The van der Waals surface area contributed by atoms with E-state index in [1.54, 1.807) is 28.9 Å². The highest BCUT2D eigenvalue weighted by Crippen LogP contribution is 2.30. The summed E-state index contributed by atoms with van der Waals surface area (Å²) in [4.78, 5) is 13.0. The van der Waals surface area contributed by atoms with Crippen LogP contribution < -0.4 is 5.56 Å². The molecule has 0 aliphatic heterocycles. The maximum Gasteiger partial charge on any atom is 0.264 e. The predicted molar refractivity (Wildman–Crippen MR) is 96.9 cm³/mol. The fourth-order valence-electron chi connectivity index (χ4n) is 2.49. The molecule has 114 valence electrons. The van der Waals surface area contributed by atoms with Crippen LogP contribution in [-0.4, -0.2) is 4.57 Å². The number of halogens is 2. The summed E-state index contributed by atoms with van der Waals surface area (Å²) >= 11 is 12.8. The van der Waals surface area contributed by atoms with Crippen LogP contribution in [0.2, 0.25) is 10.0 Å². The lowest BCUT2D eigenvalue weighted by Crippen LogP contribution is -2.23. The molecule has 0 atom stereocenters. The first-order valence-electron chi connectivity index (χ1n) is 7.04. The Balaban J connectivity index is 3.04. The van der Waals surface area contributed by atoms with Crippen molar-refractivity contribution >= 4 is 39.7 Å². The average molecular weight is 334 g/mol. The molecule has 0 aliphatic rings. The molecular weight excluding hydrogens is 317 g/mol. The van der Waals surface area contributed by atoms with Crippen LogP contribution in [0.15, 0.2) is 53.9 Å². The number of pyridine rings is 1. The maximum atomic E-state index is 13.0. The van der Waals surface area contributed by atoms with E-state index in [1.165, 1.54) is 0 Å². The molecule has 22 heavy (non-hydrogen) atoms. The minimum atomic E-state index is -0.173. The van der Waals surface area contributed by atoms with Gasteiger partial charge in [-0.1, -0.05) is 61.0 Å². The molecule has 2 rings (SSSR count). The van der Waals surface area contributed by atoms with E-state index in [2.05, 4.69) is 6.58 Å². The molecule has 0 fully saturated rings. The Bertz CT molecular complexity index is 844. The number of hydrogen-bond acceptors (Lipinski definition) is 1. The van der Waals surface area contributed by atoms with Gasteiger partial charge in [-0.25, -0.2) is 0 Å². The number of nitrogens with zero attached hydrogens (tertiary/aromatic N) is 1. The Kier molecular flexibility index (Phi) is 5.28. The van der Waals surface area contributed by atoms with Crippen LogP contribution in [0, 0.1) is 0 Å². The normalized spacial score (nSPS) is 12.3. The number of aromatic nitrogens is 1. The van der Waals surface area contributed by atoms with Gasteiger partial charge in [0.15, 0.2) is 0 Å². The van der Waals surface area contributed by atoms with Gasteiger partial charge in [0, 0.05) is 16.8 Å². The van der Waals surface area contributed by atoms with Crippen molar-refractivity contribution in [3.8, 4) is 0 Å². The van der Waals surface area contributed by atoms with Gasteiger partial charge in [-0.3, -0.25) is 9.36 Å². The molecule has 2 aromatic rings. The monoisotopic (exact) mass is 333 g/mol. The quantitative estimate of drug-likeness (QED) is 0.679. The molecule has 1 heterocycles. The third kappa shape index (κ3) is 2.77. The zero-order valence-electron chi connectivity index (χ0n) is 12.6. The second-order valence-corrected chi connectivity index (χ2v) is 5.53. The molecule has 1 aromatic heterocycles. The van der Waals surface area contributed by atoms with Gasteiger partial charge >= 0.3 is 0 Å². The average Bonchev–Trinajstić information content (AvgIpc) is 2.50. The first-order valence-corrected chi connectivity index (χ1v) is 7.79. The molecule has 0 bridgehead atoms. The molecule has 2 nitrogen and oxygen atoms in total.